The molecule has 0 spiro atoms. The highest BCUT2D eigenvalue weighted by atomic mass is 35.5. The van der Waals surface area contributed by atoms with Crippen LogP contribution in [0.5, 0.6) is 0 Å². The number of nitrogens with zero attached hydrogens (tertiary/aromatic N) is 2. The van der Waals surface area contributed by atoms with Gasteiger partial charge in [-0.25, -0.2) is 0 Å². The molecule has 6 nitrogen and oxygen atoms in total. The second-order valence-corrected chi connectivity index (χ2v) is 9.08. The maximum absolute atomic E-state index is 13.2. The molecule has 0 aromatic heterocycles. The number of halogens is 1. The van der Waals surface area contributed by atoms with Crippen LogP contribution in [0.15, 0.2) is 42.5 Å². The molecule has 1 aliphatic heterocycles. The van der Waals surface area contributed by atoms with E-state index in [1.807, 2.05) is 12.1 Å². The van der Waals surface area contributed by atoms with Gasteiger partial charge in [0.1, 0.15) is 0 Å². The summed E-state index contributed by atoms with van der Waals surface area (Å²) in [5, 5.41) is 6.56. The summed E-state index contributed by atoms with van der Waals surface area (Å²) >= 11 is 5.93. The number of carbonyl (C=O) groups is 2. The van der Waals surface area contributed by atoms with Gasteiger partial charge in [0.2, 0.25) is 0 Å². The maximum atomic E-state index is 13.2. The second kappa shape index (κ2) is 12.1. The standard InChI is InChI=1S/C26H35ClN4O2/c1-4-30(5-2)17-14-28-26(33)23-18-22(29-25(32)20-6-8-21(27)9-7-20)10-11-24(23)31-15-12-19(3)13-16-31/h6-11,18-19H,4-5,12-17H2,1-3H3,(H,28,33)(H,29,32). The van der Waals surface area contributed by atoms with Gasteiger partial charge in [0.05, 0.1) is 5.56 Å². The smallest absolute Gasteiger partial charge is 0.255 e. The largest absolute Gasteiger partial charge is 0.371 e. The molecule has 3 rings (SSSR count). The van der Waals surface area contributed by atoms with E-state index in [9.17, 15) is 9.59 Å². The lowest BCUT2D eigenvalue weighted by molar-refractivity contribution is 0.0948. The Balaban J connectivity index is 1.79. The Morgan fingerprint density at radius 3 is 2.33 bits per heavy atom. The van der Waals surface area contributed by atoms with Crippen LogP contribution in [0.2, 0.25) is 5.02 Å². The van der Waals surface area contributed by atoms with Crippen molar-refractivity contribution in [3.63, 3.8) is 0 Å². The molecule has 1 fully saturated rings. The van der Waals surface area contributed by atoms with E-state index in [0.29, 0.717) is 34.3 Å². The third-order valence-electron chi connectivity index (χ3n) is 6.34. The van der Waals surface area contributed by atoms with Gasteiger partial charge < -0.3 is 20.4 Å². The predicted octanol–water partition coefficient (Wildman–Crippen LogP) is 4.90. The van der Waals surface area contributed by atoms with Crippen molar-refractivity contribution in [1.82, 2.24) is 10.2 Å². The highest BCUT2D eigenvalue weighted by Gasteiger charge is 2.22. The van der Waals surface area contributed by atoms with Crippen LogP contribution in [0.25, 0.3) is 0 Å². The molecule has 178 valence electrons. The van der Waals surface area contributed by atoms with E-state index in [-0.39, 0.29) is 11.8 Å². The summed E-state index contributed by atoms with van der Waals surface area (Å²) in [5.41, 5.74) is 2.63. The Morgan fingerprint density at radius 1 is 1.03 bits per heavy atom. The number of hydrogen-bond donors (Lipinski definition) is 2. The minimum atomic E-state index is -0.237. The molecule has 0 saturated carbocycles. The van der Waals surface area contributed by atoms with Crippen LogP contribution >= 0.6 is 11.6 Å². The van der Waals surface area contributed by atoms with Gasteiger partial charge in [-0.15, -0.1) is 0 Å². The lowest BCUT2D eigenvalue weighted by Gasteiger charge is -2.33. The summed E-state index contributed by atoms with van der Waals surface area (Å²) < 4.78 is 0. The first-order chi connectivity index (χ1) is 15.9. The van der Waals surface area contributed by atoms with Gasteiger partial charge in [-0.3, -0.25) is 9.59 Å². The highest BCUT2D eigenvalue weighted by Crippen LogP contribution is 2.29. The Kier molecular flexibility index (Phi) is 9.15. The van der Waals surface area contributed by atoms with Crippen LogP contribution in [0.4, 0.5) is 11.4 Å². The van der Waals surface area contributed by atoms with E-state index in [1.165, 1.54) is 0 Å². The van der Waals surface area contributed by atoms with Crippen molar-refractivity contribution in [2.45, 2.75) is 33.6 Å². The van der Waals surface area contributed by atoms with Gasteiger partial charge in [0.15, 0.2) is 0 Å². The number of amides is 2. The fraction of sp³-hybridized carbons (Fsp3) is 0.462. The minimum Gasteiger partial charge on any atom is -0.371 e. The van der Waals surface area contributed by atoms with Gasteiger partial charge in [0, 0.05) is 48.1 Å². The molecule has 0 atom stereocenters. The van der Waals surface area contributed by atoms with E-state index in [0.717, 1.165) is 51.3 Å². The zero-order valence-corrected chi connectivity index (χ0v) is 20.6. The van der Waals surface area contributed by atoms with Crippen LogP contribution in [-0.2, 0) is 0 Å². The first kappa shape index (κ1) is 25.1. The van der Waals surface area contributed by atoms with Crippen molar-refractivity contribution in [3.8, 4) is 0 Å². The lowest BCUT2D eigenvalue weighted by Crippen LogP contribution is -2.37. The van der Waals surface area contributed by atoms with Crippen molar-refractivity contribution >= 4 is 34.8 Å². The van der Waals surface area contributed by atoms with E-state index in [4.69, 9.17) is 11.6 Å². The molecule has 2 N–H and O–H groups in total. The summed E-state index contributed by atoms with van der Waals surface area (Å²) in [7, 11) is 0. The van der Waals surface area contributed by atoms with Crippen molar-refractivity contribution in [1.29, 1.82) is 0 Å². The molecule has 0 radical (unpaired) electrons. The summed E-state index contributed by atoms with van der Waals surface area (Å²) in [6, 6.07) is 12.3. The number of benzene rings is 2. The number of rotatable bonds is 9. The van der Waals surface area contributed by atoms with Crippen molar-refractivity contribution in [2.75, 3.05) is 49.5 Å². The highest BCUT2D eigenvalue weighted by molar-refractivity contribution is 6.30. The number of hydrogen-bond acceptors (Lipinski definition) is 4. The molecule has 0 bridgehead atoms. The third kappa shape index (κ3) is 6.95. The van der Waals surface area contributed by atoms with Crippen LogP contribution < -0.4 is 15.5 Å². The fourth-order valence-corrected chi connectivity index (χ4v) is 4.21. The second-order valence-electron chi connectivity index (χ2n) is 8.65. The first-order valence-corrected chi connectivity index (χ1v) is 12.3. The molecule has 2 aromatic carbocycles. The third-order valence-corrected chi connectivity index (χ3v) is 6.59. The molecule has 7 heteroatoms. The van der Waals surface area contributed by atoms with Crippen molar-refractivity contribution < 1.29 is 9.59 Å². The van der Waals surface area contributed by atoms with Gasteiger partial charge >= 0.3 is 0 Å². The van der Waals surface area contributed by atoms with E-state index >= 15 is 0 Å². The van der Waals surface area contributed by atoms with Gasteiger partial charge in [-0.2, -0.15) is 0 Å². The molecule has 2 amide bonds. The van der Waals surface area contributed by atoms with Crippen molar-refractivity contribution in [2.24, 2.45) is 5.92 Å². The molecule has 0 aliphatic carbocycles. The number of carbonyl (C=O) groups excluding carboxylic acids is 2. The zero-order valence-electron chi connectivity index (χ0n) is 19.9. The average molecular weight is 471 g/mol. The van der Waals surface area contributed by atoms with E-state index in [1.54, 1.807) is 30.3 Å². The lowest BCUT2D eigenvalue weighted by atomic mass is 9.97. The molecule has 1 aliphatic rings. The Morgan fingerprint density at radius 2 is 1.70 bits per heavy atom. The van der Waals surface area contributed by atoms with Gasteiger partial charge in [-0.05, 0) is 74.3 Å². The number of anilines is 2. The van der Waals surface area contributed by atoms with Crippen LogP contribution in [0, 0.1) is 5.92 Å². The average Bonchev–Trinajstić information content (AvgIpc) is 2.82. The monoisotopic (exact) mass is 470 g/mol. The summed E-state index contributed by atoms with van der Waals surface area (Å²) in [5.74, 6) is 0.350. The molecule has 1 heterocycles. The number of nitrogens with one attached hydrogen (secondary N) is 2. The topological polar surface area (TPSA) is 64.7 Å². The first-order valence-electron chi connectivity index (χ1n) is 11.9. The Hall–Kier alpha value is -2.57. The molecule has 33 heavy (non-hydrogen) atoms. The predicted molar refractivity (Wildman–Crippen MR) is 137 cm³/mol. The summed E-state index contributed by atoms with van der Waals surface area (Å²) in [4.78, 5) is 30.4. The van der Waals surface area contributed by atoms with Crippen LogP contribution in [0.3, 0.4) is 0 Å². The normalized spacial score (nSPS) is 14.4. The van der Waals surface area contributed by atoms with Gasteiger partial charge in [-0.1, -0.05) is 32.4 Å². The van der Waals surface area contributed by atoms with Crippen LogP contribution in [0.1, 0.15) is 54.3 Å². The Bertz CT molecular complexity index is 936. The molecule has 2 aromatic rings. The summed E-state index contributed by atoms with van der Waals surface area (Å²) in [6.45, 7) is 11.7. The number of piperidine rings is 1. The van der Waals surface area contributed by atoms with Crippen LogP contribution in [-0.4, -0.2) is 56.0 Å². The minimum absolute atomic E-state index is 0.113. The molecular weight excluding hydrogens is 436 g/mol. The maximum Gasteiger partial charge on any atom is 0.255 e. The Labute approximate surface area is 202 Å². The molecular formula is C26H35ClN4O2. The quantitative estimate of drug-likeness (QED) is 0.547. The fourth-order valence-electron chi connectivity index (χ4n) is 4.09. The van der Waals surface area contributed by atoms with Gasteiger partial charge in [0.25, 0.3) is 11.8 Å². The SMILES string of the molecule is CCN(CC)CCNC(=O)c1cc(NC(=O)c2ccc(Cl)cc2)ccc1N1CCC(C)CC1. The van der Waals surface area contributed by atoms with Crippen molar-refractivity contribution in [3.05, 3.63) is 58.6 Å². The zero-order chi connectivity index (χ0) is 23.8. The number of likely N-dealkylation sites (N-methyl/N-ethyl adjacent to an activating group) is 1. The van der Waals surface area contributed by atoms with E-state index < -0.39 is 0 Å². The molecule has 0 unspecified atom stereocenters. The van der Waals surface area contributed by atoms with E-state index in [2.05, 4.69) is 41.2 Å². The summed E-state index contributed by atoms with van der Waals surface area (Å²) in [6.07, 6.45) is 2.22. The molecule has 1 saturated heterocycles.